The molecule has 1 aliphatic rings. The highest BCUT2D eigenvalue weighted by atomic mass is 35.5. The van der Waals surface area contributed by atoms with E-state index in [1.165, 1.54) is 0 Å². The Hall–Kier alpha value is -1.59. The largest absolute Gasteiger partial charge is 0.480 e. The molecule has 0 radical (unpaired) electrons. The van der Waals surface area contributed by atoms with E-state index in [0.29, 0.717) is 24.4 Å². The minimum absolute atomic E-state index is 0.0460. The summed E-state index contributed by atoms with van der Waals surface area (Å²) in [6.45, 7) is 2.74. The van der Waals surface area contributed by atoms with Gasteiger partial charge in [0.1, 0.15) is 0 Å². The highest BCUT2D eigenvalue weighted by Crippen LogP contribution is 2.25. The Bertz CT molecular complexity index is 541. The monoisotopic (exact) mass is 338 g/mol. The number of benzene rings is 1. The molecule has 1 aromatic carbocycles. The van der Waals surface area contributed by atoms with E-state index in [9.17, 15) is 9.59 Å². The van der Waals surface area contributed by atoms with E-state index in [1.807, 2.05) is 36.1 Å². The second-order valence-corrected chi connectivity index (χ2v) is 6.41. The molecule has 0 spiro atoms. The van der Waals surface area contributed by atoms with Gasteiger partial charge in [0.05, 0.1) is 6.54 Å². The molecule has 0 aliphatic heterocycles. The van der Waals surface area contributed by atoms with Gasteiger partial charge >= 0.3 is 5.97 Å². The van der Waals surface area contributed by atoms with Crippen LogP contribution in [0.5, 0.6) is 0 Å². The maximum atomic E-state index is 12.0. The Balaban J connectivity index is 1.67. The fraction of sp³-hybridized carbons (Fsp3) is 0.529. The van der Waals surface area contributed by atoms with Gasteiger partial charge in [0, 0.05) is 23.5 Å². The molecule has 5 nitrogen and oxygen atoms in total. The van der Waals surface area contributed by atoms with Crippen LogP contribution in [-0.2, 0) is 16.0 Å². The van der Waals surface area contributed by atoms with Crippen LogP contribution < -0.4 is 5.32 Å². The average Bonchev–Trinajstić information content (AvgIpc) is 2.47. The number of hydrogen-bond donors (Lipinski definition) is 2. The van der Waals surface area contributed by atoms with E-state index >= 15 is 0 Å². The summed E-state index contributed by atoms with van der Waals surface area (Å²) in [5, 5.41) is 12.6. The first kappa shape index (κ1) is 17.8. The fourth-order valence-electron chi connectivity index (χ4n) is 2.89. The van der Waals surface area contributed by atoms with Crippen LogP contribution in [0.15, 0.2) is 24.3 Å². The van der Waals surface area contributed by atoms with Crippen molar-refractivity contribution in [1.82, 2.24) is 10.2 Å². The number of halogens is 1. The van der Waals surface area contributed by atoms with Gasteiger partial charge in [-0.25, -0.2) is 0 Å². The SMILES string of the molecule is CCN(CC(=O)O)C1CC(NC(=O)CCc2ccc(Cl)cc2)C1. The van der Waals surface area contributed by atoms with Gasteiger partial charge in [0.25, 0.3) is 0 Å². The van der Waals surface area contributed by atoms with Crippen molar-refractivity contribution in [3.05, 3.63) is 34.9 Å². The number of carboxylic acid groups (broad SMARTS) is 1. The molecule has 2 rings (SSSR count). The van der Waals surface area contributed by atoms with Crippen LogP contribution in [0.4, 0.5) is 0 Å². The van der Waals surface area contributed by atoms with Crippen LogP contribution in [0.25, 0.3) is 0 Å². The van der Waals surface area contributed by atoms with Crippen molar-refractivity contribution in [2.75, 3.05) is 13.1 Å². The first-order valence-electron chi connectivity index (χ1n) is 7.97. The molecule has 0 aromatic heterocycles. The van der Waals surface area contributed by atoms with Crippen molar-refractivity contribution in [3.8, 4) is 0 Å². The summed E-state index contributed by atoms with van der Waals surface area (Å²) in [5.74, 6) is -0.757. The highest BCUT2D eigenvalue weighted by molar-refractivity contribution is 6.30. The summed E-state index contributed by atoms with van der Waals surface area (Å²) >= 11 is 5.83. The number of nitrogens with zero attached hydrogens (tertiary/aromatic N) is 1. The number of hydrogen-bond acceptors (Lipinski definition) is 3. The van der Waals surface area contributed by atoms with Crippen LogP contribution in [0, 0.1) is 0 Å². The number of amides is 1. The van der Waals surface area contributed by atoms with Gasteiger partial charge in [-0.1, -0.05) is 30.7 Å². The molecule has 2 N–H and O–H groups in total. The summed E-state index contributed by atoms with van der Waals surface area (Å²) in [6, 6.07) is 7.94. The Morgan fingerprint density at radius 3 is 2.52 bits per heavy atom. The van der Waals surface area contributed by atoms with Gasteiger partial charge in [-0.05, 0) is 43.5 Å². The number of nitrogens with one attached hydrogen (secondary N) is 1. The smallest absolute Gasteiger partial charge is 0.317 e. The summed E-state index contributed by atoms with van der Waals surface area (Å²) in [5.41, 5.74) is 1.09. The molecule has 0 unspecified atom stereocenters. The molecule has 23 heavy (non-hydrogen) atoms. The lowest BCUT2D eigenvalue weighted by Crippen LogP contribution is -2.54. The zero-order valence-electron chi connectivity index (χ0n) is 13.3. The Kier molecular flexibility index (Phi) is 6.42. The van der Waals surface area contributed by atoms with Crippen LogP contribution in [0.2, 0.25) is 5.02 Å². The molecule has 1 fully saturated rings. The molecule has 1 amide bonds. The van der Waals surface area contributed by atoms with E-state index in [4.69, 9.17) is 16.7 Å². The number of rotatable bonds is 8. The molecule has 1 aliphatic carbocycles. The van der Waals surface area contributed by atoms with Crippen molar-refractivity contribution in [3.63, 3.8) is 0 Å². The van der Waals surface area contributed by atoms with Gasteiger partial charge in [0.2, 0.25) is 5.91 Å². The quantitative estimate of drug-likeness (QED) is 0.763. The molecule has 126 valence electrons. The lowest BCUT2D eigenvalue weighted by atomic mass is 9.85. The summed E-state index contributed by atoms with van der Waals surface area (Å²) < 4.78 is 0. The minimum Gasteiger partial charge on any atom is -0.480 e. The third-order valence-electron chi connectivity index (χ3n) is 4.29. The molecular formula is C17H23ClN2O3. The summed E-state index contributed by atoms with van der Waals surface area (Å²) in [4.78, 5) is 24.7. The normalized spacial score (nSPS) is 20.1. The second kappa shape index (κ2) is 8.31. The predicted molar refractivity (Wildman–Crippen MR) is 89.6 cm³/mol. The lowest BCUT2D eigenvalue weighted by Gasteiger charge is -2.42. The summed E-state index contributed by atoms with van der Waals surface area (Å²) in [7, 11) is 0. The van der Waals surface area contributed by atoms with E-state index < -0.39 is 5.97 Å². The predicted octanol–water partition coefficient (Wildman–Crippen LogP) is 2.33. The van der Waals surface area contributed by atoms with Crippen molar-refractivity contribution in [2.45, 2.75) is 44.7 Å². The number of likely N-dealkylation sites (N-methyl/N-ethyl adjacent to an activating group) is 1. The standard InChI is InChI=1S/C17H23ClN2O3/c1-2-20(11-17(22)23)15-9-14(10-15)19-16(21)8-5-12-3-6-13(18)7-4-12/h3-4,6-7,14-15H,2,5,8-11H2,1H3,(H,19,21)(H,22,23). The molecule has 0 heterocycles. The minimum atomic E-state index is -0.803. The number of aliphatic carboxylic acids is 1. The van der Waals surface area contributed by atoms with Gasteiger partial charge in [0.15, 0.2) is 0 Å². The van der Waals surface area contributed by atoms with Crippen LogP contribution in [-0.4, -0.2) is 47.1 Å². The number of aryl methyl sites for hydroxylation is 1. The zero-order chi connectivity index (χ0) is 16.8. The number of carbonyl (C=O) groups excluding carboxylic acids is 1. The molecule has 0 atom stereocenters. The van der Waals surface area contributed by atoms with Crippen molar-refractivity contribution in [1.29, 1.82) is 0 Å². The van der Waals surface area contributed by atoms with Crippen LogP contribution in [0.1, 0.15) is 31.7 Å². The molecule has 0 saturated heterocycles. The fourth-order valence-corrected chi connectivity index (χ4v) is 3.01. The first-order valence-corrected chi connectivity index (χ1v) is 8.35. The Labute approximate surface area is 141 Å². The van der Waals surface area contributed by atoms with E-state index in [0.717, 1.165) is 18.4 Å². The molecule has 6 heteroatoms. The van der Waals surface area contributed by atoms with Gasteiger partial charge < -0.3 is 10.4 Å². The Morgan fingerprint density at radius 1 is 1.30 bits per heavy atom. The third kappa shape index (κ3) is 5.52. The van der Waals surface area contributed by atoms with Crippen molar-refractivity contribution >= 4 is 23.5 Å². The Morgan fingerprint density at radius 2 is 1.96 bits per heavy atom. The number of carbonyl (C=O) groups is 2. The number of carboxylic acids is 1. The maximum absolute atomic E-state index is 12.0. The second-order valence-electron chi connectivity index (χ2n) is 5.97. The van der Waals surface area contributed by atoms with Gasteiger partial charge in [-0.2, -0.15) is 0 Å². The van der Waals surface area contributed by atoms with Crippen LogP contribution in [0.3, 0.4) is 0 Å². The van der Waals surface area contributed by atoms with Crippen molar-refractivity contribution in [2.24, 2.45) is 0 Å². The molecule has 1 aromatic rings. The zero-order valence-corrected chi connectivity index (χ0v) is 14.1. The van der Waals surface area contributed by atoms with Gasteiger partial charge in [-0.15, -0.1) is 0 Å². The van der Waals surface area contributed by atoms with E-state index in [2.05, 4.69) is 5.32 Å². The average molecular weight is 339 g/mol. The molecule has 1 saturated carbocycles. The van der Waals surface area contributed by atoms with Gasteiger partial charge in [-0.3, -0.25) is 14.5 Å². The lowest BCUT2D eigenvalue weighted by molar-refractivity contribution is -0.139. The third-order valence-corrected chi connectivity index (χ3v) is 4.55. The van der Waals surface area contributed by atoms with E-state index in [-0.39, 0.29) is 24.5 Å². The molecular weight excluding hydrogens is 316 g/mol. The van der Waals surface area contributed by atoms with E-state index in [1.54, 1.807) is 0 Å². The summed E-state index contributed by atoms with van der Waals surface area (Å²) in [6.07, 6.45) is 2.80. The van der Waals surface area contributed by atoms with Crippen molar-refractivity contribution < 1.29 is 14.7 Å². The molecule has 0 bridgehead atoms. The first-order chi connectivity index (χ1) is 11.0. The topological polar surface area (TPSA) is 69.6 Å². The van der Waals surface area contributed by atoms with Crippen LogP contribution >= 0.6 is 11.6 Å². The maximum Gasteiger partial charge on any atom is 0.317 e. The highest BCUT2D eigenvalue weighted by Gasteiger charge is 2.34.